The quantitative estimate of drug-likeness (QED) is 0.474. The van der Waals surface area contributed by atoms with Crippen LogP contribution in [0.25, 0.3) is 0 Å². The second-order valence-corrected chi connectivity index (χ2v) is 8.66. The Labute approximate surface area is 207 Å². The van der Waals surface area contributed by atoms with Gasteiger partial charge in [0.1, 0.15) is 6.61 Å². The van der Waals surface area contributed by atoms with E-state index in [-0.39, 0.29) is 12.0 Å². The predicted molar refractivity (Wildman–Crippen MR) is 134 cm³/mol. The van der Waals surface area contributed by atoms with Crippen LogP contribution in [0.2, 0.25) is 0 Å². The lowest BCUT2D eigenvalue weighted by Crippen LogP contribution is -2.40. The molecule has 0 aliphatic carbocycles. The summed E-state index contributed by atoms with van der Waals surface area (Å²) in [6.07, 6.45) is 3.73. The minimum atomic E-state index is -0.154. The Kier molecular flexibility index (Phi) is 8.70. The van der Waals surface area contributed by atoms with E-state index < -0.39 is 0 Å². The molecule has 35 heavy (non-hydrogen) atoms. The van der Waals surface area contributed by atoms with Crippen LogP contribution in [0.1, 0.15) is 40.9 Å². The van der Waals surface area contributed by atoms with Crippen molar-refractivity contribution >= 4 is 5.91 Å². The molecule has 1 aromatic heterocycles. The van der Waals surface area contributed by atoms with Gasteiger partial charge in [0, 0.05) is 44.1 Å². The van der Waals surface area contributed by atoms with E-state index in [1.165, 1.54) is 5.56 Å². The first kappa shape index (κ1) is 24.7. The van der Waals surface area contributed by atoms with Crippen molar-refractivity contribution in [3.8, 4) is 11.5 Å². The van der Waals surface area contributed by atoms with Gasteiger partial charge < -0.3 is 19.5 Å². The highest BCUT2D eigenvalue weighted by atomic mass is 16.5. The number of nitrogens with zero attached hydrogens (tertiary/aromatic N) is 2. The molecule has 1 unspecified atom stereocenters. The molecule has 1 saturated heterocycles. The molecule has 0 radical (unpaired) electrons. The molecule has 7 nitrogen and oxygen atoms in total. The monoisotopic (exact) mass is 475 g/mol. The Morgan fingerprint density at radius 3 is 2.69 bits per heavy atom. The average Bonchev–Trinajstić information content (AvgIpc) is 2.87. The molecule has 3 aromatic rings. The number of ether oxygens (including phenoxy) is 3. The minimum absolute atomic E-state index is 0.154. The molecule has 0 bridgehead atoms. The number of carbonyl (C=O) groups is 1. The number of nitrogens with one attached hydrogen (secondary N) is 1. The van der Waals surface area contributed by atoms with Gasteiger partial charge in [0.05, 0.1) is 19.3 Å². The highest BCUT2D eigenvalue weighted by Gasteiger charge is 2.17. The predicted octanol–water partition coefficient (Wildman–Crippen LogP) is 4.21. The molecular weight excluding hydrogens is 442 g/mol. The third-order valence-electron chi connectivity index (χ3n) is 5.83. The third kappa shape index (κ3) is 7.28. The number of hydrogen-bond donors (Lipinski definition) is 1. The first-order chi connectivity index (χ1) is 17.1. The third-order valence-corrected chi connectivity index (χ3v) is 5.83. The fraction of sp³-hybridized carbons (Fsp3) is 0.357. The van der Waals surface area contributed by atoms with Crippen molar-refractivity contribution in [3.63, 3.8) is 0 Å². The van der Waals surface area contributed by atoms with Crippen LogP contribution in [0.5, 0.6) is 11.5 Å². The maximum atomic E-state index is 12.9. The van der Waals surface area contributed by atoms with Crippen LogP contribution in [-0.2, 0) is 24.4 Å². The van der Waals surface area contributed by atoms with Crippen molar-refractivity contribution in [2.75, 3.05) is 26.3 Å². The topological polar surface area (TPSA) is 72.9 Å². The lowest BCUT2D eigenvalue weighted by atomic mass is 10.1. The van der Waals surface area contributed by atoms with E-state index in [2.05, 4.69) is 34.3 Å². The van der Waals surface area contributed by atoms with Crippen molar-refractivity contribution < 1.29 is 19.0 Å². The average molecular weight is 476 g/mol. The van der Waals surface area contributed by atoms with Gasteiger partial charge in [-0.2, -0.15) is 0 Å². The molecule has 1 fully saturated rings. The summed E-state index contributed by atoms with van der Waals surface area (Å²) in [5.41, 5.74) is 3.84. The molecule has 1 aliphatic heterocycles. The first-order valence-corrected chi connectivity index (χ1v) is 12.1. The van der Waals surface area contributed by atoms with Crippen molar-refractivity contribution in [2.45, 2.75) is 39.6 Å². The zero-order valence-corrected chi connectivity index (χ0v) is 20.4. The van der Waals surface area contributed by atoms with Crippen LogP contribution in [0.4, 0.5) is 0 Å². The van der Waals surface area contributed by atoms with Gasteiger partial charge in [-0.1, -0.05) is 24.3 Å². The maximum Gasteiger partial charge on any atom is 0.251 e. The first-order valence-electron chi connectivity index (χ1n) is 12.1. The number of rotatable bonds is 10. The standard InChI is InChI=1S/C28H33N3O4/c1-3-33-27-16-25(7-8-26(27)35-20-22-9-11-29-12-10-22)28(32)30-17-23-5-4-6-24(15-23)19-31-13-14-34-21(2)18-31/h4-12,15-16,21H,3,13-14,17-20H2,1-2H3,(H,30,32). The lowest BCUT2D eigenvalue weighted by molar-refractivity contribution is -0.0212. The number of hydrogen-bond acceptors (Lipinski definition) is 6. The number of amides is 1. The Hall–Kier alpha value is -3.42. The summed E-state index contributed by atoms with van der Waals surface area (Å²) < 4.78 is 17.3. The Balaban J connectivity index is 1.35. The number of benzene rings is 2. The number of morpholine rings is 1. The highest BCUT2D eigenvalue weighted by molar-refractivity contribution is 5.94. The van der Waals surface area contributed by atoms with Crippen LogP contribution in [-0.4, -0.2) is 48.2 Å². The molecule has 1 aliphatic rings. The van der Waals surface area contributed by atoms with Crippen LogP contribution in [0.3, 0.4) is 0 Å². The Morgan fingerprint density at radius 2 is 1.89 bits per heavy atom. The summed E-state index contributed by atoms with van der Waals surface area (Å²) in [7, 11) is 0. The molecule has 1 atom stereocenters. The van der Waals surface area contributed by atoms with Gasteiger partial charge in [-0.25, -0.2) is 0 Å². The maximum absolute atomic E-state index is 12.9. The van der Waals surface area contributed by atoms with Gasteiger partial charge in [0.2, 0.25) is 0 Å². The van der Waals surface area contributed by atoms with Crippen molar-refractivity contribution in [1.82, 2.24) is 15.2 Å². The van der Waals surface area contributed by atoms with E-state index in [9.17, 15) is 4.79 Å². The molecule has 2 aromatic carbocycles. The van der Waals surface area contributed by atoms with Gasteiger partial charge >= 0.3 is 0 Å². The summed E-state index contributed by atoms with van der Waals surface area (Å²) >= 11 is 0. The smallest absolute Gasteiger partial charge is 0.251 e. The summed E-state index contributed by atoms with van der Waals surface area (Å²) in [5, 5.41) is 3.02. The van der Waals surface area contributed by atoms with Gasteiger partial charge in [-0.15, -0.1) is 0 Å². The van der Waals surface area contributed by atoms with Crippen molar-refractivity contribution in [2.24, 2.45) is 0 Å². The van der Waals surface area contributed by atoms with Crippen LogP contribution >= 0.6 is 0 Å². The zero-order chi connectivity index (χ0) is 24.5. The SMILES string of the molecule is CCOc1cc(C(=O)NCc2cccc(CN3CCOC(C)C3)c2)ccc1OCc1ccncc1. The van der Waals surface area contributed by atoms with Gasteiger partial charge in [-0.05, 0) is 60.9 Å². The van der Waals surface area contributed by atoms with E-state index >= 15 is 0 Å². The van der Waals surface area contributed by atoms with Crippen molar-refractivity contribution in [1.29, 1.82) is 0 Å². The van der Waals surface area contributed by atoms with E-state index in [0.29, 0.717) is 36.8 Å². The molecule has 1 amide bonds. The van der Waals surface area contributed by atoms with E-state index in [4.69, 9.17) is 14.2 Å². The van der Waals surface area contributed by atoms with Gasteiger partial charge in [0.15, 0.2) is 11.5 Å². The molecule has 2 heterocycles. The minimum Gasteiger partial charge on any atom is -0.490 e. The second-order valence-electron chi connectivity index (χ2n) is 8.66. The molecule has 7 heteroatoms. The molecule has 4 rings (SSSR count). The molecule has 1 N–H and O–H groups in total. The van der Waals surface area contributed by atoms with Gasteiger partial charge in [0.25, 0.3) is 5.91 Å². The Bertz CT molecular complexity index is 1110. The zero-order valence-electron chi connectivity index (χ0n) is 20.4. The van der Waals surface area contributed by atoms with Crippen LogP contribution in [0, 0.1) is 0 Å². The van der Waals surface area contributed by atoms with Crippen LogP contribution < -0.4 is 14.8 Å². The molecule has 0 spiro atoms. The van der Waals surface area contributed by atoms with E-state index in [1.54, 1.807) is 30.6 Å². The summed E-state index contributed by atoms with van der Waals surface area (Å²) in [6, 6.07) is 17.4. The second kappa shape index (κ2) is 12.3. The van der Waals surface area contributed by atoms with E-state index in [1.807, 2.05) is 31.2 Å². The fourth-order valence-electron chi connectivity index (χ4n) is 4.09. The largest absolute Gasteiger partial charge is 0.490 e. The molecular formula is C28H33N3O4. The number of pyridine rings is 1. The summed E-state index contributed by atoms with van der Waals surface area (Å²) in [5.74, 6) is 1.00. The molecule has 0 saturated carbocycles. The normalized spacial score (nSPS) is 16.0. The lowest BCUT2D eigenvalue weighted by Gasteiger charge is -2.31. The summed E-state index contributed by atoms with van der Waals surface area (Å²) in [6.45, 7) is 8.87. The van der Waals surface area contributed by atoms with E-state index in [0.717, 1.165) is 37.4 Å². The summed E-state index contributed by atoms with van der Waals surface area (Å²) in [4.78, 5) is 19.3. The van der Waals surface area contributed by atoms with Crippen LogP contribution in [0.15, 0.2) is 67.0 Å². The Morgan fingerprint density at radius 1 is 1.06 bits per heavy atom. The van der Waals surface area contributed by atoms with Gasteiger partial charge in [-0.3, -0.25) is 14.7 Å². The highest BCUT2D eigenvalue weighted by Crippen LogP contribution is 2.29. The molecule has 184 valence electrons. The number of carbonyl (C=O) groups excluding carboxylic acids is 1. The fourth-order valence-corrected chi connectivity index (χ4v) is 4.09. The number of aromatic nitrogens is 1. The van der Waals surface area contributed by atoms with Crippen molar-refractivity contribution in [3.05, 3.63) is 89.2 Å².